The Morgan fingerprint density at radius 3 is 2.74 bits per heavy atom. The summed E-state index contributed by atoms with van der Waals surface area (Å²) in [6, 6.07) is 13.5. The molecule has 1 amide bonds. The van der Waals surface area contributed by atoms with Crippen LogP contribution in [0, 0.1) is 0 Å². The summed E-state index contributed by atoms with van der Waals surface area (Å²) >= 11 is 3.63. The fraction of sp³-hybridized carbons (Fsp3) is 0.158. The Labute approximate surface area is 143 Å². The second kappa shape index (κ2) is 6.50. The molecule has 3 rings (SSSR count). The lowest BCUT2D eigenvalue weighted by Crippen LogP contribution is -2.38. The summed E-state index contributed by atoms with van der Waals surface area (Å²) in [5, 5.41) is 0. The Morgan fingerprint density at radius 1 is 1.22 bits per heavy atom. The molecule has 1 aliphatic heterocycles. The lowest BCUT2D eigenvalue weighted by atomic mass is 9.83. The van der Waals surface area contributed by atoms with Crippen LogP contribution in [0.1, 0.15) is 33.0 Å². The third-order valence-electron chi connectivity index (χ3n) is 4.24. The molecule has 0 saturated carbocycles. The van der Waals surface area contributed by atoms with Crippen LogP contribution >= 0.6 is 15.9 Å². The largest absolute Gasteiger partial charge is 0.334 e. The van der Waals surface area contributed by atoms with Gasteiger partial charge in [-0.15, -0.1) is 0 Å². The Bertz CT molecular complexity index is 785. The average Bonchev–Trinajstić information content (AvgIpc) is 2.60. The minimum atomic E-state index is -0.0933. The molecule has 0 aromatic heterocycles. The number of rotatable bonds is 3. The number of aldehydes is 1. The molecule has 0 spiro atoms. The van der Waals surface area contributed by atoms with Crippen molar-refractivity contribution in [3.05, 3.63) is 81.8 Å². The monoisotopic (exact) mass is 369 g/mol. The molecule has 1 heterocycles. The van der Waals surface area contributed by atoms with E-state index in [1.165, 1.54) is 6.08 Å². The van der Waals surface area contributed by atoms with Crippen molar-refractivity contribution in [3.8, 4) is 0 Å². The zero-order valence-corrected chi connectivity index (χ0v) is 14.1. The number of nitrogens with zero attached hydrogens (tertiary/aromatic N) is 1. The number of hydrogen-bond donors (Lipinski definition) is 0. The summed E-state index contributed by atoms with van der Waals surface area (Å²) in [6.07, 6.45) is 2.21. The van der Waals surface area contributed by atoms with Crippen molar-refractivity contribution in [1.29, 1.82) is 0 Å². The van der Waals surface area contributed by atoms with Gasteiger partial charge in [-0.2, -0.15) is 0 Å². The molecule has 0 bridgehead atoms. The van der Waals surface area contributed by atoms with Crippen LogP contribution < -0.4 is 0 Å². The van der Waals surface area contributed by atoms with E-state index in [-0.39, 0.29) is 11.8 Å². The first-order valence-corrected chi connectivity index (χ1v) is 8.17. The van der Waals surface area contributed by atoms with Gasteiger partial charge in [0.25, 0.3) is 0 Å². The van der Waals surface area contributed by atoms with Crippen molar-refractivity contribution >= 4 is 28.1 Å². The number of amides is 1. The highest BCUT2D eigenvalue weighted by molar-refractivity contribution is 9.10. The molecule has 0 unspecified atom stereocenters. The van der Waals surface area contributed by atoms with Crippen LogP contribution in [0.15, 0.2) is 59.6 Å². The van der Waals surface area contributed by atoms with Gasteiger partial charge in [0, 0.05) is 29.0 Å². The molecule has 3 nitrogen and oxygen atoms in total. The molecule has 1 atom stereocenters. The van der Waals surface area contributed by atoms with Gasteiger partial charge in [-0.25, -0.2) is 0 Å². The van der Waals surface area contributed by atoms with E-state index in [9.17, 15) is 9.59 Å². The number of halogens is 1. The van der Waals surface area contributed by atoms with Crippen LogP contribution in [-0.4, -0.2) is 23.6 Å². The van der Waals surface area contributed by atoms with Gasteiger partial charge in [-0.3, -0.25) is 9.59 Å². The third kappa shape index (κ3) is 2.86. The summed E-state index contributed by atoms with van der Waals surface area (Å²) in [6.45, 7) is 4.67. The summed E-state index contributed by atoms with van der Waals surface area (Å²) in [7, 11) is 0. The topological polar surface area (TPSA) is 37.4 Å². The molecule has 23 heavy (non-hydrogen) atoms. The molecule has 4 heteroatoms. The first kappa shape index (κ1) is 15.7. The quantitative estimate of drug-likeness (QED) is 0.607. The van der Waals surface area contributed by atoms with Crippen LogP contribution in [0.3, 0.4) is 0 Å². The van der Waals surface area contributed by atoms with Crippen molar-refractivity contribution in [2.24, 2.45) is 0 Å². The maximum atomic E-state index is 12.1. The van der Waals surface area contributed by atoms with E-state index < -0.39 is 0 Å². The zero-order chi connectivity index (χ0) is 16.4. The van der Waals surface area contributed by atoms with Gasteiger partial charge < -0.3 is 4.90 Å². The second-order valence-corrected chi connectivity index (χ2v) is 6.39. The van der Waals surface area contributed by atoms with Crippen molar-refractivity contribution in [2.45, 2.75) is 12.5 Å². The molecule has 0 fully saturated rings. The average molecular weight is 370 g/mol. The summed E-state index contributed by atoms with van der Waals surface area (Å²) in [4.78, 5) is 25.3. The van der Waals surface area contributed by atoms with Gasteiger partial charge in [0.15, 0.2) is 0 Å². The van der Waals surface area contributed by atoms with Crippen LogP contribution in [0.4, 0.5) is 0 Å². The van der Waals surface area contributed by atoms with Gasteiger partial charge in [0.2, 0.25) is 5.91 Å². The minimum Gasteiger partial charge on any atom is -0.334 e. The van der Waals surface area contributed by atoms with Crippen molar-refractivity contribution < 1.29 is 9.59 Å². The molecule has 1 aliphatic rings. The third-order valence-corrected chi connectivity index (χ3v) is 4.93. The molecule has 0 N–H and O–H groups in total. The number of hydrogen-bond acceptors (Lipinski definition) is 2. The van der Waals surface area contributed by atoms with Gasteiger partial charge in [-0.1, -0.05) is 58.9 Å². The molecule has 0 saturated heterocycles. The summed E-state index contributed by atoms with van der Waals surface area (Å²) in [5.74, 6) is -0.135. The Balaban J connectivity index is 2.16. The van der Waals surface area contributed by atoms with E-state index in [1.54, 1.807) is 4.90 Å². The normalized spacial score (nSPS) is 16.6. The van der Waals surface area contributed by atoms with E-state index in [0.717, 1.165) is 27.4 Å². The molecule has 116 valence electrons. The highest BCUT2D eigenvalue weighted by Crippen LogP contribution is 2.39. The van der Waals surface area contributed by atoms with E-state index in [2.05, 4.69) is 22.5 Å². The minimum absolute atomic E-state index is 0.0420. The van der Waals surface area contributed by atoms with Crippen molar-refractivity contribution in [3.63, 3.8) is 0 Å². The number of carbonyl (C=O) groups excluding carboxylic acids is 2. The molecular weight excluding hydrogens is 354 g/mol. The van der Waals surface area contributed by atoms with Crippen LogP contribution in [0.25, 0.3) is 0 Å². The van der Waals surface area contributed by atoms with Crippen molar-refractivity contribution in [1.82, 2.24) is 4.90 Å². The summed E-state index contributed by atoms with van der Waals surface area (Å²) in [5.41, 5.74) is 3.84. The number of carbonyl (C=O) groups is 2. The molecular formula is C19H16BrNO2. The highest BCUT2D eigenvalue weighted by atomic mass is 79.9. The standard InChI is InChI=1S/C19H16BrNO2/c1-2-18(23)21-10-13-7-5-9-17(20)19(13)16(11-21)15-8-4-3-6-14(15)12-22/h2-9,12,16H,1,10-11H2/t16-/m1/s1. The molecule has 0 aliphatic carbocycles. The maximum Gasteiger partial charge on any atom is 0.246 e. The fourth-order valence-corrected chi connectivity index (χ4v) is 3.86. The highest BCUT2D eigenvalue weighted by Gasteiger charge is 2.30. The van der Waals surface area contributed by atoms with Gasteiger partial charge in [0.05, 0.1) is 0 Å². The number of benzene rings is 2. The van der Waals surface area contributed by atoms with Gasteiger partial charge in [0.1, 0.15) is 6.29 Å². The van der Waals surface area contributed by atoms with Crippen LogP contribution in [-0.2, 0) is 11.3 Å². The predicted molar refractivity (Wildman–Crippen MR) is 93.4 cm³/mol. The van der Waals surface area contributed by atoms with E-state index in [1.807, 2.05) is 42.5 Å². The fourth-order valence-electron chi connectivity index (χ4n) is 3.18. The van der Waals surface area contributed by atoms with E-state index in [4.69, 9.17) is 0 Å². The first-order chi connectivity index (χ1) is 11.2. The molecule has 2 aromatic rings. The lowest BCUT2D eigenvalue weighted by molar-refractivity contribution is -0.127. The lowest BCUT2D eigenvalue weighted by Gasteiger charge is -2.35. The smallest absolute Gasteiger partial charge is 0.246 e. The summed E-state index contributed by atoms with van der Waals surface area (Å²) < 4.78 is 1.01. The molecule has 2 aromatic carbocycles. The van der Waals surface area contributed by atoms with Gasteiger partial charge in [-0.05, 0) is 28.8 Å². The zero-order valence-electron chi connectivity index (χ0n) is 12.5. The maximum absolute atomic E-state index is 12.1. The van der Waals surface area contributed by atoms with E-state index >= 15 is 0 Å². The molecule has 0 radical (unpaired) electrons. The van der Waals surface area contributed by atoms with Crippen LogP contribution in [0.5, 0.6) is 0 Å². The van der Waals surface area contributed by atoms with Gasteiger partial charge >= 0.3 is 0 Å². The second-order valence-electron chi connectivity index (χ2n) is 5.53. The Hall–Kier alpha value is -2.20. The Morgan fingerprint density at radius 2 is 2.00 bits per heavy atom. The number of fused-ring (bicyclic) bond motifs is 1. The Kier molecular flexibility index (Phi) is 4.44. The van der Waals surface area contributed by atoms with Crippen molar-refractivity contribution in [2.75, 3.05) is 6.54 Å². The first-order valence-electron chi connectivity index (χ1n) is 7.38. The van der Waals surface area contributed by atoms with E-state index in [0.29, 0.717) is 18.7 Å². The predicted octanol–water partition coefficient (Wildman–Crippen LogP) is 3.92. The SMILES string of the molecule is C=CC(=O)N1Cc2cccc(Br)c2[C@@H](c2ccccc2C=O)C1. The van der Waals surface area contributed by atoms with Crippen LogP contribution in [0.2, 0.25) is 0 Å².